The second-order valence-electron chi connectivity index (χ2n) is 4.89. The fourth-order valence-electron chi connectivity index (χ4n) is 2.34. The topological polar surface area (TPSA) is 75.6 Å². The number of carbonyl (C=O) groups is 2. The zero-order chi connectivity index (χ0) is 14.6. The highest BCUT2D eigenvalue weighted by molar-refractivity contribution is 9.11. The number of hydrogen-bond donors (Lipinski definition) is 2. The van der Waals surface area contributed by atoms with Crippen molar-refractivity contribution in [1.29, 1.82) is 0 Å². The Morgan fingerprint density at radius 2 is 2.10 bits per heavy atom. The van der Waals surface area contributed by atoms with Crippen LogP contribution in [-0.2, 0) is 20.7 Å². The smallest absolute Gasteiger partial charge is 0.305 e. The van der Waals surface area contributed by atoms with Gasteiger partial charge >= 0.3 is 5.97 Å². The molecule has 1 aromatic rings. The predicted molar refractivity (Wildman–Crippen MR) is 78.9 cm³/mol. The Bertz CT molecular complexity index is 496. The fraction of sp³-hybridized carbons (Fsp3) is 0.538. The molecule has 2 rings (SSSR count). The van der Waals surface area contributed by atoms with Gasteiger partial charge in [-0.25, -0.2) is 0 Å². The third-order valence-electron chi connectivity index (χ3n) is 3.31. The Balaban J connectivity index is 1.99. The summed E-state index contributed by atoms with van der Waals surface area (Å²) in [6, 6.07) is 3.79. The van der Waals surface area contributed by atoms with Crippen LogP contribution >= 0.6 is 27.3 Å². The highest BCUT2D eigenvalue weighted by Gasteiger charge is 2.36. The van der Waals surface area contributed by atoms with E-state index in [1.165, 1.54) is 11.3 Å². The van der Waals surface area contributed by atoms with Crippen LogP contribution < -0.4 is 5.32 Å². The van der Waals surface area contributed by atoms with Gasteiger partial charge in [0.15, 0.2) is 0 Å². The van der Waals surface area contributed by atoms with E-state index in [4.69, 9.17) is 9.84 Å². The molecule has 20 heavy (non-hydrogen) atoms. The lowest BCUT2D eigenvalue weighted by Gasteiger charge is -2.36. The maximum Gasteiger partial charge on any atom is 0.305 e. The molecule has 2 N–H and O–H groups in total. The minimum absolute atomic E-state index is 0.0593. The highest BCUT2D eigenvalue weighted by Crippen LogP contribution is 2.26. The van der Waals surface area contributed by atoms with E-state index in [9.17, 15) is 9.59 Å². The van der Waals surface area contributed by atoms with Crippen LogP contribution in [0.25, 0.3) is 0 Å². The van der Waals surface area contributed by atoms with Gasteiger partial charge in [0.1, 0.15) is 0 Å². The molecule has 0 radical (unpaired) electrons. The standard InChI is InChI=1S/C13H16BrNO4S/c14-10-2-1-9(20-10)7-11(16)15-13(8-12(17)18)3-5-19-6-4-13/h1-2H,3-8H2,(H,15,16)(H,17,18). The number of hydrogen-bond acceptors (Lipinski definition) is 4. The van der Waals surface area contributed by atoms with Crippen LogP contribution in [0.1, 0.15) is 24.1 Å². The van der Waals surface area contributed by atoms with E-state index in [0.29, 0.717) is 26.1 Å². The van der Waals surface area contributed by atoms with Gasteiger partial charge in [0.25, 0.3) is 0 Å². The number of thiophene rings is 1. The molecule has 1 fully saturated rings. The molecule has 1 aliphatic heterocycles. The van der Waals surface area contributed by atoms with Gasteiger partial charge in [-0.05, 0) is 40.9 Å². The molecule has 7 heteroatoms. The minimum atomic E-state index is -0.897. The van der Waals surface area contributed by atoms with E-state index in [2.05, 4.69) is 21.2 Å². The first-order chi connectivity index (χ1) is 9.49. The molecule has 0 bridgehead atoms. The summed E-state index contributed by atoms with van der Waals surface area (Å²) < 4.78 is 6.24. The summed E-state index contributed by atoms with van der Waals surface area (Å²) in [6.45, 7) is 0.968. The molecule has 2 heterocycles. The third-order valence-corrected chi connectivity index (χ3v) is 4.93. The van der Waals surface area contributed by atoms with Crippen molar-refractivity contribution in [2.75, 3.05) is 13.2 Å². The maximum absolute atomic E-state index is 12.1. The van der Waals surface area contributed by atoms with Crippen molar-refractivity contribution in [3.63, 3.8) is 0 Å². The van der Waals surface area contributed by atoms with Gasteiger partial charge in [-0.15, -0.1) is 11.3 Å². The van der Waals surface area contributed by atoms with E-state index in [0.717, 1.165) is 8.66 Å². The summed E-state index contributed by atoms with van der Waals surface area (Å²) in [5.41, 5.74) is -0.671. The molecule has 1 aromatic heterocycles. The van der Waals surface area contributed by atoms with Crippen molar-refractivity contribution in [2.24, 2.45) is 0 Å². The maximum atomic E-state index is 12.1. The number of carboxylic acids is 1. The van der Waals surface area contributed by atoms with Gasteiger partial charge in [0.2, 0.25) is 5.91 Å². The lowest BCUT2D eigenvalue weighted by Crippen LogP contribution is -2.53. The van der Waals surface area contributed by atoms with Crippen molar-refractivity contribution in [3.05, 3.63) is 20.8 Å². The van der Waals surface area contributed by atoms with Gasteiger partial charge in [-0.3, -0.25) is 9.59 Å². The second kappa shape index (κ2) is 6.69. The molecule has 0 aliphatic carbocycles. The monoisotopic (exact) mass is 361 g/mol. The Hall–Kier alpha value is -0.920. The minimum Gasteiger partial charge on any atom is -0.481 e. The molecule has 0 aromatic carbocycles. The molecular formula is C13H16BrNO4S. The van der Waals surface area contributed by atoms with Crippen LogP contribution in [0, 0.1) is 0 Å². The van der Waals surface area contributed by atoms with E-state index < -0.39 is 11.5 Å². The zero-order valence-corrected chi connectivity index (χ0v) is 13.3. The number of carbonyl (C=O) groups excluding carboxylic acids is 1. The summed E-state index contributed by atoms with van der Waals surface area (Å²) in [5.74, 6) is -1.03. The van der Waals surface area contributed by atoms with Crippen LogP contribution in [0.5, 0.6) is 0 Å². The molecule has 110 valence electrons. The summed E-state index contributed by atoms with van der Waals surface area (Å²) in [6.07, 6.45) is 1.30. The van der Waals surface area contributed by atoms with Gasteiger partial charge in [0, 0.05) is 18.1 Å². The van der Waals surface area contributed by atoms with Crippen LogP contribution in [0.3, 0.4) is 0 Å². The first-order valence-corrected chi connectivity index (χ1v) is 7.95. The number of nitrogens with one attached hydrogen (secondary N) is 1. The number of ether oxygens (including phenoxy) is 1. The summed E-state index contributed by atoms with van der Waals surface area (Å²) >= 11 is 4.86. The normalized spacial score (nSPS) is 17.6. The van der Waals surface area contributed by atoms with Crippen molar-refractivity contribution in [2.45, 2.75) is 31.2 Å². The van der Waals surface area contributed by atoms with E-state index in [1.807, 2.05) is 12.1 Å². The van der Waals surface area contributed by atoms with Crippen molar-refractivity contribution < 1.29 is 19.4 Å². The second-order valence-corrected chi connectivity index (χ2v) is 7.44. The fourth-order valence-corrected chi connectivity index (χ4v) is 3.82. The molecule has 0 spiro atoms. The largest absolute Gasteiger partial charge is 0.481 e. The lowest BCUT2D eigenvalue weighted by molar-refractivity contribution is -0.140. The Labute approximate surface area is 129 Å². The molecule has 1 saturated heterocycles. The van der Waals surface area contributed by atoms with Crippen LogP contribution in [0.4, 0.5) is 0 Å². The van der Waals surface area contributed by atoms with Crippen LogP contribution in [-0.4, -0.2) is 35.7 Å². The Morgan fingerprint density at radius 1 is 1.40 bits per heavy atom. The summed E-state index contributed by atoms with van der Waals surface area (Å²) in [7, 11) is 0. The van der Waals surface area contributed by atoms with E-state index in [1.54, 1.807) is 0 Å². The molecule has 1 aliphatic rings. The lowest BCUT2D eigenvalue weighted by atomic mass is 9.86. The van der Waals surface area contributed by atoms with E-state index in [-0.39, 0.29) is 18.7 Å². The number of aliphatic carboxylic acids is 1. The third kappa shape index (κ3) is 4.29. The van der Waals surface area contributed by atoms with Crippen LogP contribution in [0.15, 0.2) is 15.9 Å². The quantitative estimate of drug-likeness (QED) is 0.842. The first-order valence-electron chi connectivity index (χ1n) is 6.34. The number of carboxylic acid groups (broad SMARTS) is 1. The molecule has 1 amide bonds. The predicted octanol–water partition coefficient (Wildman–Crippen LogP) is 2.19. The Kier molecular flexibility index (Phi) is 5.17. The van der Waals surface area contributed by atoms with Gasteiger partial charge < -0.3 is 15.2 Å². The summed E-state index contributed by atoms with van der Waals surface area (Å²) in [4.78, 5) is 24.1. The molecular weight excluding hydrogens is 346 g/mol. The molecule has 0 atom stereocenters. The Morgan fingerprint density at radius 3 is 2.65 bits per heavy atom. The van der Waals surface area contributed by atoms with Gasteiger partial charge in [0.05, 0.1) is 22.2 Å². The van der Waals surface area contributed by atoms with Crippen molar-refractivity contribution in [1.82, 2.24) is 5.32 Å². The van der Waals surface area contributed by atoms with Crippen LogP contribution in [0.2, 0.25) is 0 Å². The molecule has 5 nitrogen and oxygen atoms in total. The summed E-state index contributed by atoms with van der Waals surface area (Å²) in [5, 5.41) is 12.0. The van der Waals surface area contributed by atoms with Gasteiger partial charge in [-0.2, -0.15) is 0 Å². The molecule has 0 saturated carbocycles. The van der Waals surface area contributed by atoms with Crippen molar-refractivity contribution >= 4 is 39.1 Å². The zero-order valence-electron chi connectivity index (χ0n) is 10.9. The highest BCUT2D eigenvalue weighted by atomic mass is 79.9. The van der Waals surface area contributed by atoms with E-state index >= 15 is 0 Å². The number of amides is 1. The molecule has 0 unspecified atom stereocenters. The van der Waals surface area contributed by atoms with Gasteiger partial charge in [-0.1, -0.05) is 0 Å². The average Bonchev–Trinajstić information content (AvgIpc) is 2.74. The van der Waals surface area contributed by atoms with Crippen molar-refractivity contribution in [3.8, 4) is 0 Å². The average molecular weight is 362 g/mol. The SMILES string of the molecule is O=C(O)CC1(NC(=O)Cc2ccc(Br)s2)CCOCC1. The number of halogens is 1. The number of rotatable bonds is 5. The first kappa shape index (κ1) is 15.5.